The fourth-order valence-corrected chi connectivity index (χ4v) is 6.93. The van der Waals surface area contributed by atoms with Crippen LogP contribution < -0.4 is 4.90 Å². The van der Waals surface area contributed by atoms with E-state index in [4.69, 9.17) is 0 Å². The Kier molecular flexibility index (Phi) is 3.73. The zero-order valence-electron chi connectivity index (χ0n) is 17.7. The van der Waals surface area contributed by atoms with Crippen molar-refractivity contribution < 1.29 is 4.92 Å². The van der Waals surface area contributed by atoms with Crippen LogP contribution in [0.3, 0.4) is 0 Å². The first-order valence-corrected chi connectivity index (χ1v) is 11.6. The molecule has 2 heterocycles. The average Bonchev–Trinajstić information content (AvgIpc) is 3.48. The van der Waals surface area contributed by atoms with E-state index in [0.29, 0.717) is 23.7 Å². The molecule has 0 saturated carbocycles. The SMILES string of the molecule is O=[N+]([O-])c1cccc([C@@H]2[C@@H]3CC=C[C@@H]3c3c4c(cc5ccccc35)[C@H]3C=CC[C@H]3CN42)c1. The third-order valence-corrected chi connectivity index (χ3v) is 8.17. The average molecular weight is 421 g/mol. The van der Waals surface area contributed by atoms with Crippen molar-refractivity contribution in [2.75, 3.05) is 11.4 Å². The molecular weight excluding hydrogens is 396 g/mol. The molecular formula is C28H24N2O2. The van der Waals surface area contributed by atoms with E-state index in [1.165, 1.54) is 27.6 Å². The van der Waals surface area contributed by atoms with Crippen LogP contribution in [-0.4, -0.2) is 11.5 Å². The second kappa shape index (κ2) is 6.55. The minimum absolute atomic E-state index is 0.156. The summed E-state index contributed by atoms with van der Waals surface area (Å²) in [4.78, 5) is 13.9. The predicted octanol–water partition coefficient (Wildman–Crippen LogP) is 6.64. The number of hydrogen-bond acceptors (Lipinski definition) is 3. The summed E-state index contributed by atoms with van der Waals surface area (Å²) in [5, 5.41) is 14.2. The lowest BCUT2D eigenvalue weighted by Crippen LogP contribution is -2.46. The molecule has 4 nitrogen and oxygen atoms in total. The number of hydrogen-bond donors (Lipinski definition) is 0. The van der Waals surface area contributed by atoms with Crippen LogP contribution in [0.15, 0.2) is 78.9 Å². The van der Waals surface area contributed by atoms with Crippen LogP contribution in [0.4, 0.5) is 11.4 Å². The molecule has 0 saturated heterocycles. The van der Waals surface area contributed by atoms with Gasteiger partial charge in [-0.2, -0.15) is 0 Å². The molecule has 0 N–H and O–H groups in total. The van der Waals surface area contributed by atoms with Crippen molar-refractivity contribution in [1.82, 2.24) is 0 Å². The Morgan fingerprint density at radius 3 is 2.69 bits per heavy atom. The molecule has 0 bridgehead atoms. The highest BCUT2D eigenvalue weighted by atomic mass is 16.6. The monoisotopic (exact) mass is 420 g/mol. The van der Waals surface area contributed by atoms with Gasteiger partial charge in [-0.05, 0) is 58.2 Å². The van der Waals surface area contributed by atoms with E-state index in [2.05, 4.69) is 65.6 Å². The Morgan fingerprint density at radius 1 is 0.938 bits per heavy atom. The van der Waals surface area contributed by atoms with Crippen LogP contribution in [0.1, 0.15) is 47.4 Å². The van der Waals surface area contributed by atoms with Crippen LogP contribution in [-0.2, 0) is 0 Å². The number of rotatable bonds is 2. The lowest BCUT2D eigenvalue weighted by atomic mass is 9.69. The van der Waals surface area contributed by atoms with Gasteiger partial charge in [-0.3, -0.25) is 10.1 Å². The van der Waals surface area contributed by atoms with Gasteiger partial charge >= 0.3 is 0 Å². The molecule has 2 aliphatic carbocycles. The molecule has 0 radical (unpaired) electrons. The Morgan fingerprint density at radius 2 is 1.78 bits per heavy atom. The number of nitro benzene ring substituents is 1. The van der Waals surface area contributed by atoms with E-state index in [1.54, 1.807) is 6.07 Å². The highest BCUT2D eigenvalue weighted by Crippen LogP contribution is 2.60. The van der Waals surface area contributed by atoms with Gasteiger partial charge in [0.15, 0.2) is 0 Å². The maximum atomic E-state index is 11.5. The molecule has 3 aromatic rings. The van der Waals surface area contributed by atoms with E-state index in [1.807, 2.05) is 12.1 Å². The number of benzene rings is 3. The Bertz CT molecular complexity index is 1340. The van der Waals surface area contributed by atoms with Crippen molar-refractivity contribution in [2.45, 2.75) is 30.7 Å². The summed E-state index contributed by atoms with van der Waals surface area (Å²) < 4.78 is 0. The molecule has 0 aromatic heterocycles. The summed E-state index contributed by atoms with van der Waals surface area (Å²) in [6, 6.07) is 18.7. The van der Waals surface area contributed by atoms with Gasteiger partial charge in [-0.15, -0.1) is 0 Å². The maximum Gasteiger partial charge on any atom is 0.269 e. The first-order chi connectivity index (χ1) is 15.7. The van der Waals surface area contributed by atoms with Gasteiger partial charge in [0.05, 0.1) is 11.0 Å². The van der Waals surface area contributed by atoms with Crippen LogP contribution in [0, 0.1) is 22.0 Å². The van der Waals surface area contributed by atoms with Crippen LogP contribution in [0.2, 0.25) is 0 Å². The zero-order valence-corrected chi connectivity index (χ0v) is 17.7. The summed E-state index contributed by atoms with van der Waals surface area (Å²) in [5.74, 6) is 1.78. The van der Waals surface area contributed by atoms with Crippen molar-refractivity contribution >= 4 is 22.1 Å². The number of nitrogens with zero attached hydrogens (tertiary/aromatic N) is 2. The fourth-order valence-electron chi connectivity index (χ4n) is 6.93. The second-order valence-electron chi connectivity index (χ2n) is 9.70. The van der Waals surface area contributed by atoms with E-state index in [-0.39, 0.29) is 16.7 Å². The highest BCUT2D eigenvalue weighted by molar-refractivity contribution is 5.94. The Labute approximate surface area is 187 Å². The van der Waals surface area contributed by atoms with Gasteiger partial charge in [0.1, 0.15) is 0 Å². The smallest absolute Gasteiger partial charge is 0.269 e. The number of fused-ring (bicyclic) bond motifs is 6. The van der Waals surface area contributed by atoms with E-state index >= 15 is 0 Å². The summed E-state index contributed by atoms with van der Waals surface area (Å²) in [6.07, 6.45) is 11.6. The molecule has 4 aliphatic rings. The topological polar surface area (TPSA) is 46.4 Å². The van der Waals surface area contributed by atoms with Gasteiger partial charge in [0, 0.05) is 36.2 Å². The van der Waals surface area contributed by atoms with E-state index in [0.717, 1.165) is 24.9 Å². The van der Waals surface area contributed by atoms with Crippen LogP contribution in [0.25, 0.3) is 10.8 Å². The predicted molar refractivity (Wildman–Crippen MR) is 127 cm³/mol. The third-order valence-electron chi connectivity index (χ3n) is 8.17. The molecule has 32 heavy (non-hydrogen) atoms. The molecule has 7 rings (SSSR count). The summed E-state index contributed by atoms with van der Waals surface area (Å²) in [7, 11) is 0. The number of allylic oxidation sites excluding steroid dienone is 4. The van der Waals surface area contributed by atoms with Crippen molar-refractivity contribution in [1.29, 1.82) is 0 Å². The molecule has 4 heteroatoms. The van der Waals surface area contributed by atoms with Crippen LogP contribution >= 0.6 is 0 Å². The molecule has 0 spiro atoms. The fraction of sp³-hybridized carbons (Fsp3) is 0.286. The normalized spacial score (nSPS) is 29.1. The lowest BCUT2D eigenvalue weighted by Gasteiger charge is -2.51. The van der Waals surface area contributed by atoms with Gasteiger partial charge in [-0.25, -0.2) is 0 Å². The maximum absolute atomic E-state index is 11.5. The molecule has 2 aliphatic heterocycles. The molecule has 0 amide bonds. The summed E-state index contributed by atoms with van der Waals surface area (Å²) in [5.41, 5.74) is 5.56. The minimum Gasteiger partial charge on any atom is -0.363 e. The summed E-state index contributed by atoms with van der Waals surface area (Å²) >= 11 is 0. The number of nitro groups is 1. The first kappa shape index (κ1) is 18.2. The van der Waals surface area contributed by atoms with E-state index < -0.39 is 0 Å². The lowest BCUT2D eigenvalue weighted by molar-refractivity contribution is -0.384. The number of anilines is 1. The van der Waals surface area contributed by atoms with Crippen molar-refractivity contribution in [2.24, 2.45) is 11.8 Å². The molecule has 0 fully saturated rings. The zero-order chi connectivity index (χ0) is 21.4. The van der Waals surface area contributed by atoms with Gasteiger partial charge < -0.3 is 4.90 Å². The molecule has 5 atom stereocenters. The first-order valence-electron chi connectivity index (χ1n) is 11.6. The highest BCUT2D eigenvalue weighted by Gasteiger charge is 2.48. The van der Waals surface area contributed by atoms with Gasteiger partial charge in [0.25, 0.3) is 5.69 Å². The molecule has 3 aromatic carbocycles. The van der Waals surface area contributed by atoms with Crippen LogP contribution in [0.5, 0.6) is 0 Å². The van der Waals surface area contributed by atoms with Crippen molar-refractivity contribution in [3.8, 4) is 0 Å². The van der Waals surface area contributed by atoms with Crippen molar-refractivity contribution in [3.05, 3.63) is 106 Å². The molecule has 0 unspecified atom stereocenters. The Balaban J connectivity index is 1.52. The number of non-ortho nitro benzene ring substituents is 1. The largest absolute Gasteiger partial charge is 0.363 e. The van der Waals surface area contributed by atoms with Gasteiger partial charge in [0.2, 0.25) is 0 Å². The Hall–Kier alpha value is -3.40. The van der Waals surface area contributed by atoms with Gasteiger partial charge in [-0.1, -0.05) is 60.7 Å². The second-order valence-corrected chi connectivity index (χ2v) is 9.70. The summed E-state index contributed by atoms with van der Waals surface area (Å²) in [6.45, 7) is 1.01. The minimum atomic E-state index is -0.267. The van der Waals surface area contributed by atoms with E-state index in [9.17, 15) is 10.1 Å². The van der Waals surface area contributed by atoms with Crippen molar-refractivity contribution in [3.63, 3.8) is 0 Å². The third kappa shape index (κ3) is 2.38. The standard InChI is InChI=1S/C28H24N2O2/c31-30(32)20-9-3-7-18(14-20)27-24-13-5-12-23(24)26-22-10-2-1-6-17(22)15-25-21-11-4-8-19(21)16-29(27)28(25)26/h1-7,9-12,14-15,19,21,23-24,27H,8,13,16H2/t19-,21-,23-,24+,27+/m0/s1. The quantitative estimate of drug-likeness (QED) is 0.265. The molecule has 158 valence electrons.